The molecule has 0 radical (unpaired) electrons. The maximum atomic E-state index is 11.3. The van der Waals surface area contributed by atoms with Gasteiger partial charge in [0.15, 0.2) is 9.84 Å². The van der Waals surface area contributed by atoms with Gasteiger partial charge in [-0.25, -0.2) is 13.2 Å². The zero-order chi connectivity index (χ0) is 12.3. The first kappa shape index (κ1) is 12.5. The first-order valence-electron chi connectivity index (χ1n) is 4.67. The second-order valence-electron chi connectivity index (χ2n) is 3.32. The van der Waals surface area contributed by atoms with Crippen molar-refractivity contribution in [2.24, 2.45) is 0 Å². The van der Waals surface area contributed by atoms with Crippen molar-refractivity contribution in [2.75, 3.05) is 18.1 Å². The smallest absolute Gasteiger partial charge is 0.337 e. The molecule has 0 aliphatic heterocycles. The highest BCUT2D eigenvalue weighted by Gasteiger charge is 2.14. The molecule has 5 nitrogen and oxygen atoms in total. The summed E-state index contributed by atoms with van der Waals surface area (Å²) >= 11 is 0. The Hall–Kier alpha value is -1.56. The fourth-order valence-corrected chi connectivity index (χ4v) is 1.92. The van der Waals surface area contributed by atoms with Crippen molar-refractivity contribution in [2.45, 2.75) is 11.8 Å². The van der Waals surface area contributed by atoms with Gasteiger partial charge in [-0.05, 0) is 25.1 Å². The summed E-state index contributed by atoms with van der Waals surface area (Å²) in [6.07, 6.45) is 1.04. The second kappa shape index (κ2) is 4.52. The molecule has 0 atom stereocenters. The van der Waals surface area contributed by atoms with E-state index >= 15 is 0 Å². The maximum Gasteiger partial charge on any atom is 0.337 e. The topological polar surface area (TPSA) is 83.5 Å². The standard InChI is InChI=1S/C10H13NO4S/c1-3-11-9-5-4-7(16(2,14)15)6-8(9)10(12)13/h4-6,11H,3H2,1-2H3,(H,12,13). The summed E-state index contributed by atoms with van der Waals surface area (Å²) in [6, 6.07) is 4.01. The SMILES string of the molecule is CCNc1ccc(S(C)(=O)=O)cc1C(=O)O. The Morgan fingerprint density at radius 1 is 1.44 bits per heavy atom. The van der Waals surface area contributed by atoms with Crippen LogP contribution in [0, 0.1) is 0 Å². The van der Waals surface area contributed by atoms with Gasteiger partial charge in [-0.2, -0.15) is 0 Å². The summed E-state index contributed by atoms with van der Waals surface area (Å²) in [5.74, 6) is -1.15. The zero-order valence-electron chi connectivity index (χ0n) is 9.02. The average Bonchev–Trinajstić information content (AvgIpc) is 2.16. The van der Waals surface area contributed by atoms with E-state index in [1.165, 1.54) is 12.1 Å². The number of nitrogens with one attached hydrogen (secondary N) is 1. The highest BCUT2D eigenvalue weighted by atomic mass is 32.2. The van der Waals surface area contributed by atoms with Crippen molar-refractivity contribution >= 4 is 21.5 Å². The minimum Gasteiger partial charge on any atom is -0.478 e. The molecule has 0 heterocycles. The van der Waals surface area contributed by atoms with Gasteiger partial charge in [0.1, 0.15) is 0 Å². The van der Waals surface area contributed by atoms with E-state index < -0.39 is 15.8 Å². The lowest BCUT2D eigenvalue weighted by Gasteiger charge is -2.08. The van der Waals surface area contributed by atoms with Crippen LogP contribution in [0.2, 0.25) is 0 Å². The third-order valence-corrected chi connectivity index (χ3v) is 3.13. The molecule has 0 amide bonds. The summed E-state index contributed by atoms with van der Waals surface area (Å²) < 4.78 is 22.5. The number of benzene rings is 1. The number of hydrogen-bond acceptors (Lipinski definition) is 4. The minimum absolute atomic E-state index is 0.00607. The molecule has 16 heavy (non-hydrogen) atoms. The molecule has 1 rings (SSSR count). The van der Waals surface area contributed by atoms with Crippen LogP contribution in [0.3, 0.4) is 0 Å². The third kappa shape index (κ3) is 2.73. The van der Waals surface area contributed by atoms with Gasteiger partial charge in [-0.1, -0.05) is 0 Å². The number of carbonyl (C=O) groups is 1. The van der Waals surface area contributed by atoms with Crippen LogP contribution in [0.4, 0.5) is 5.69 Å². The summed E-state index contributed by atoms with van der Waals surface area (Å²) in [7, 11) is -3.38. The molecule has 2 N–H and O–H groups in total. The van der Waals surface area contributed by atoms with E-state index in [2.05, 4.69) is 5.32 Å². The first-order chi connectivity index (χ1) is 7.36. The Labute approximate surface area is 94.0 Å². The van der Waals surface area contributed by atoms with Gasteiger partial charge < -0.3 is 10.4 Å². The Bertz CT molecular complexity index is 508. The molecule has 0 spiro atoms. The molecule has 0 fully saturated rings. The number of carboxylic acids is 1. The van der Waals surface area contributed by atoms with E-state index in [0.29, 0.717) is 12.2 Å². The highest BCUT2D eigenvalue weighted by molar-refractivity contribution is 7.90. The van der Waals surface area contributed by atoms with E-state index in [-0.39, 0.29) is 10.5 Å². The summed E-state index contributed by atoms with van der Waals surface area (Å²) in [5.41, 5.74) is 0.382. The molecule has 0 aromatic heterocycles. The summed E-state index contributed by atoms with van der Waals surface area (Å²) in [4.78, 5) is 10.9. The molecule has 1 aromatic carbocycles. The van der Waals surface area contributed by atoms with Crippen molar-refractivity contribution in [3.05, 3.63) is 23.8 Å². The van der Waals surface area contributed by atoms with E-state index in [9.17, 15) is 13.2 Å². The van der Waals surface area contributed by atoms with Gasteiger partial charge in [0, 0.05) is 18.5 Å². The minimum atomic E-state index is -3.38. The van der Waals surface area contributed by atoms with Crippen molar-refractivity contribution in [3.8, 4) is 0 Å². The quantitative estimate of drug-likeness (QED) is 0.830. The number of sulfone groups is 1. The molecule has 0 bridgehead atoms. The van der Waals surface area contributed by atoms with Crippen molar-refractivity contribution in [3.63, 3.8) is 0 Å². The third-order valence-electron chi connectivity index (χ3n) is 2.02. The number of hydrogen-bond donors (Lipinski definition) is 2. The molecule has 0 saturated heterocycles. The van der Waals surface area contributed by atoms with Crippen LogP contribution in [0.15, 0.2) is 23.1 Å². The lowest BCUT2D eigenvalue weighted by Crippen LogP contribution is -2.08. The van der Waals surface area contributed by atoms with Crippen LogP contribution in [-0.2, 0) is 9.84 Å². The van der Waals surface area contributed by atoms with Crippen molar-refractivity contribution in [1.82, 2.24) is 0 Å². The first-order valence-corrected chi connectivity index (χ1v) is 6.56. The van der Waals surface area contributed by atoms with E-state index in [1.54, 1.807) is 0 Å². The molecule has 1 aromatic rings. The molecular formula is C10H13NO4S. The van der Waals surface area contributed by atoms with E-state index in [0.717, 1.165) is 12.3 Å². The Morgan fingerprint density at radius 2 is 2.06 bits per heavy atom. The molecular weight excluding hydrogens is 230 g/mol. The predicted octanol–water partition coefficient (Wildman–Crippen LogP) is 1.22. The van der Waals surface area contributed by atoms with Gasteiger partial charge in [0.05, 0.1) is 10.5 Å². The van der Waals surface area contributed by atoms with Gasteiger partial charge in [0.25, 0.3) is 0 Å². The Morgan fingerprint density at radius 3 is 2.50 bits per heavy atom. The summed E-state index contributed by atoms with van der Waals surface area (Å²) in [6.45, 7) is 2.40. The van der Waals surface area contributed by atoms with Crippen LogP contribution in [0.5, 0.6) is 0 Å². The molecule has 88 valence electrons. The average molecular weight is 243 g/mol. The lowest BCUT2D eigenvalue weighted by molar-refractivity contribution is 0.0697. The fraction of sp³-hybridized carbons (Fsp3) is 0.300. The van der Waals surface area contributed by atoms with Crippen molar-refractivity contribution in [1.29, 1.82) is 0 Å². The van der Waals surface area contributed by atoms with Crippen LogP contribution in [0.1, 0.15) is 17.3 Å². The number of aromatic carboxylic acids is 1. The van der Waals surface area contributed by atoms with Crippen LogP contribution >= 0.6 is 0 Å². The molecule has 0 aliphatic carbocycles. The lowest BCUT2D eigenvalue weighted by atomic mass is 10.2. The normalized spacial score (nSPS) is 11.1. The van der Waals surface area contributed by atoms with E-state index in [1.807, 2.05) is 6.92 Å². The number of carboxylic acid groups (broad SMARTS) is 1. The fourth-order valence-electron chi connectivity index (χ4n) is 1.28. The Kier molecular flexibility index (Phi) is 3.54. The number of anilines is 1. The molecule has 6 heteroatoms. The van der Waals surface area contributed by atoms with Crippen LogP contribution in [0.25, 0.3) is 0 Å². The second-order valence-corrected chi connectivity index (χ2v) is 5.33. The predicted molar refractivity (Wildman–Crippen MR) is 60.7 cm³/mol. The van der Waals surface area contributed by atoms with Crippen LogP contribution < -0.4 is 5.32 Å². The van der Waals surface area contributed by atoms with Crippen LogP contribution in [-0.4, -0.2) is 32.3 Å². The zero-order valence-corrected chi connectivity index (χ0v) is 9.84. The van der Waals surface area contributed by atoms with Gasteiger partial charge >= 0.3 is 5.97 Å². The maximum absolute atomic E-state index is 11.3. The van der Waals surface area contributed by atoms with Crippen molar-refractivity contribution < 1.29 is 18.3 Å². The highest BCUT2D eigenvalue weighted by Crippen LogP contribution is 2.20. The van der Waals surface area contributed by atoms with Gasteiger partial charge in [-0.3, -0.25) is 0 Å². The molecule has 0 saturated carbocycles. The Balaban J connectivity index is 3.34. The number of rotatable bonds is 4. The summed E-state index contributed by atoms with van der Waals surface area (Å²) in [5, 5.41) is 11.8. The molecule has 0 aliphatic rings. The van der Waals surface area contributed by atoms with E-state index in [4.69, 9.17) is 5.11 Å². The van der Waals surface area contributed by atoms with Gasteiger partial charge in [-0.15, -0.1) is 0 Å². The molecule has 0 unspecified atom stereocenters. The largest absolute Gasteiger partial charge is 0.478 e. The monoisotopic (exact) mass is 243 g/mol. The van der Waals surface area contributed by atoms with Gasteiger partial charge in [0.2, 0.25) is 0 Å².